The van der Waals surface area contributed by atoms with Gasteiger partial charge in [-0.3, -0.25) is 67.3 Å². The van der Waals surface area contributed by atoms with Crippen LogP contribution in [-0.2, 0) is 75.2 Å². The lowest BCUT2D eigenvalue weighted by atomic mass is 10.0. The van der Waals surface area contributed by atoms with Crippen LogP contribution in [0.15, 0.2) is 65.7 Å². The predicted octanol–water partition coefficient (Wildman–Crippen LogP) is -3.71. The molecular formula is C63H98N18O13S. The van der Waals surface area contributed by atoms with Crippen LogP contribution in [0, 0.1) is 5.92 Å². The van der Waals surface area contributed by atoms with E-state index in [1.807, 2.05) is 20.1 Å². The van der Waals surface area contributed by atoms with E-state index in [4.69, 9.17) is 40.1 Å². The fraction of sp³-hybridized carbons (Fsp3) is 0.587. The molecule has 13 amide bonds. The van der Waals surface area contributed by atoms with Crippen LogP contribution in [0.4, 0.5) is 0 Å². The van der Waals surface area contributed by atoms with E-state index >= 15 is 0 Å². The van der Waals surface area contributed by atoms with Gasteiger partial charge in [-0.1, -0.05) is 74.5 Å². The Morgan fingerprint density at radius 1 is 0.537 bits per heavy atom. The second-order valence-electron chi connectivity index (χ2n) is 24.1. The standard InChI is InChI=1S/C63H98N18O13S/c1-37(2)33-45(57(89)74-41(53(68)85)27-32-95-3)73-52(84)36-72-54(86)46(34-38-15-6-4-7-16-38)78-58(90)47(35-39-17-8-5-9-18-39)79-56(88)42(23-25-50(66)82)75-55(87)43(24-26-51(67)83)76-59(91)49-22-14-31-81(49)62(94)44(20-10-11-28-64)77-60(92)48-21-13-30-80(48)61(93)40(65)19-12-29-71-63(69)70/h4-9,15-18,37,40-49H,10-14,19-36,64-65H2,1-3H3,(H2,66,82)(H2,67,83)(H2,68,85)(H,72,86)(H,73,84)(H,74,89)(H,75,87)(H,76,91)(H,77,92)(H,78,90)(H,79,88)(H4,69,70,71)/t40-,41+,42+,43-,44-,45+,46+,47+,48-,49-/m1/s1. The summed E-state index contributed by atoms with van der Waals surface area (Å²) in [6.45, 7) is 3.86. The van der Waals surface area contributed by atoms with Gasteiger partial charge in [0.05, 0.1) is 12.6 Å². The fourth-order valence-corrected chi connectivity index (χ4v) is 11.5. The number of hydrogen-bond acceptors (Lipinski definition) is 17. The number of primary amides is 3. The zero-order valence-corrected chi connectivity index (χ0v) is 55.3. The molecule has 2 aromatic carbocycles. The molecule has 0 bridgehead atoms. The molecule has 0 spiro atoms. The third-order valence-corrected chi connectivity index (χ3v) is 16.7. The van der Waals surface area contributed by atoms with E-state index < -0.39 is 169 Å². The van der Waals surface area contributed by atoms with Gasteiger partial charge >= 0.3 is 0 Å². The second-order valence-corrected chi connectivity index (χ2v) is 25.1. The maximum atomic E-state index is 14.7. The van der Waals surface area contributed by atoms with Crippen molar-refractivity contribution in [1.29, 1.82) is 0 Å². The number of rotatable bonds is 42. The van der Waals surface area contributed by atoms with Crippen molar-refractivity contribution in [2.45, 2.75) is 183 Å². The maximum absolute atomic E-state index is 14.7. The molecule has 95 heavy (non-hydrogen) atoms. The van der Waals surface area contributed by atoms with Crippen LogP contribution >= 0.6 is 11.8 Å². The molecule has 10 atom stereocenters. The molecule has 0 aromatic heterocycles. The number of guanidine groups is 1. The normalized spacial score (nSPS) is 16.8. The highest BCUT2D eigenvalue weighted by molar-refractivity contribution is 7.98. The van der Waals surface area contributed by atoms with Crippen LogP contribution in [0.25, 0.3) is 0 Å². The average Bonchev–Trinajstić information content (AvgIpc) is 1.74. The summed E-state index contributed by atoms with van der Waals surface area (Å²) in [5.41, 5.74) is 40.6. The molecule has 2 heterocycles. The van der Waals surface area contributed by atoms with Crippen molar-refractivity contribution in [3.63, 3.8) is 0 Å². The fourth-order valence-electron chi connectivity index (χ4n) is 11.0. The summed E-state index contributed by atoms with van der Waals surface area (Å²) in [5, 5.41) is 21.1. The molecule has 2 aliphatic rings. The van der Waals surface area contributed by atoms with Crippen LogP contribution in [0.5, 0.6) is 0 Å². The van der Waals surface area contributed by atoms with Crippen molar-refractivity contribution in [2.24, 2.45) is 51.0 Å². The van der Waals surface area contributed by atoms with Gasteiger partial charge in [-0.05, 0) is 119 Å². The second kappa shape index (κ2) is 41.0. The highest BCUT2D eigenvalue weighted by Gasteiger charge is 2.42. The van der Waals surface area contributed by atoms with Crippen molar-refractivity contribution in [2.75, 3.05) is 44.7 Å². The van der Waals surface area contributed by atoms with Crippen LogP contribution in [0.1, 0.15) is 121 Å². The van der Waals surface area contributed by atoms with Gasteiger partial charge in [0.15, 0.2) is 5.96 Å². The largest absolute Gasteiger partial charge is 0.370 e. The number of nitrogens with zero attached hydrogens (tertiary/aromatic N) is 3. The summed E-state index contributed by atoms with van der Waals surface area (Å²) >= 11 is 1.45. The molecule has 524 valence electrons. The number of aliphatic imine (C=N–C) groups is 1. The first kappa shape index (κ1) is 78.5. The molecule has 0 unspecified atom stereocenters. The van der Waals surface area contributed by atoms with Crippen molar-refractivity contribution in [3.05, 3.63) is 71.8 Å². The van der Waals surface area contributed by atoms with Crippen LogP contribution < -0.4 is 82.7 Å². The first-order valence-corrected chi connectivity index (χ1v) is 33.6. The smallest absolute Gasteiger partial charge is 0.245 e. The van der Waals surface area contributed by atoms with E-state index in [2.05, 4.69) is 47.5 Å². The lowest BCUT2D eigenvalue weighted by Gasteiger charge is -2.32. The Morgan fingerprint density at radius 3 is 1.51 bits per heavy atom. The molecule has 2 saturated heterocycles. The highest BCUT2D eigenvalue weighted by atomic mass is 32.2. The SMILES string of the molecule is CSCC[C@H](NC(=O)[C@H](CC(C)C)NC(=O)CNC(=O)[C@H](Cc1ccccc1)NC(=O)[C@H](Cc1ccccc1)NC(=O)[C@H](CCC(N)=O)NC(=O)[C@@H](CCC(N)=O)NC(=O)[C@H]1CCCN1C(=O)[C@@H](CCCCN)NC(=O)[C@H]1CCCN1C(=O)[C@H](N)CCCN=C(N)N)C(N)=O. The monoisotopic (exact) mass is 1350 g/mol. The number of benzene rings is 2. The third-order valence-electron chi connectivity index (χ3n) is 16.0. The summed E-state index contributed by atoms with van der Waals surface area (Å²) < 4.78 is 0. The number of likely N-dealkylation sites (tertiary alicyclic amines) is 2. The maximum Gasteiger partial charge on any atom is 0.245 e. The van der Waals surface area contributed by atoms with E-state index in [0.717, 1.165) is 0 Å². The predicted molar refractivity (Wildman–Crippen MR) is 356 cm³/mol. The van der Waals surface area contributed by atoms with Gasteiger partial charge in [-0.2, -0.15) is 11.8 Å². The van der Waals surface area contributed by atoms with Crippen LogP contribution in [0.3, 0.4) is 0 Å². The van der Waals surface area contributed by atoms with Gasteiger partial charge in [0.25, 0.3) is 0 Å². The number of nitrogens with one attached hydrogen (secondary N) is 8. The van der Waals surface area contributed by atoms with Gasteiger partial charge in [-0.15, -0.1) is 0 Å². The van der Waals surface area contributed by atoms with Gasteiger partial charge in [0.1, 0.15) is 54.4 Å². The number of amides is 13. The Labute approximate surface area is 558 Å². The molecule has 22 N–H and O–H groups in total. The summed E-state index contributed by atoms with van der Waals surface area (Å²) in [4.78, 5) is 185. The molecule has 2 fully saturated rings. The van der Waals surface area contributed by atoms with Gasteiger partial charge in [0.2, 0.25) is 76.8 Å². The summed E-state index contributed by atoms with van der Waals surface area (Å²) in [5.74, 6) is -9.80. The van der Waals surface area contributed by atoms with Crippen LogP contribution in [-0.4, -0.2) is 198 Å². The molecular weight excluding hydrogens is 1250 g/mol. The van der Waals surface area contributed by atoms with Crippen molar-refractivity contribution in [3.8, 4) is 0 Å². The van der Waals surface area contributed by atoms with E-state index in [0.29, 0.717) is 55.4 Å². The zero-order valence-electron chi connectivity index (χ0n) is 54.5. The van der Waals surface area contributed by atoms with Crippen molar-refractivity contribution in [1.82, 2.24) is 52.3 Å². The van der Waals surface area contributed by atoms with Crippen LogP contribution in [0.2, 0.25) is 0 Å². The number of nitrogens with two attached hydrogens (primary N) is 7. The van der Waals surface area contributed by atoms with E-state index in [-0.39, 0.29) is 83.0 Å². The van der Waals surface area contributed by atoms with Gasteiger partial charge in [-0.25, -0.2) is 0 Å². The highest BCUT2D eigenvalue weighted by Crippen LogP contribution is 2.24. The molecule has 32 heteroatoms. The number of unbranched alkanes of at least 4 members (excludes halogenated alkanes) is 1. The van der Waals surface area contributed by atoms with E-state index in [9.17, 15) is 62.3 Å². The summed E-state index contributed by atoms with van der Waals surface area (Å²) in [6.07, 6.45) is 3.12. The topological polar surface area (TPSA) is 519 Å². The molecule has 2 aromatic rings. The Kier molecular flexibility index (Phi) is 33.9. The Bertz CT molecular complexity index is 2960. The Morgan fingerprint density at radius 2 is 1.01 bits per heavy atom. The molecule has 4 rings (SSSR count). The number of hydrogen-bond donors (Lipinski definition) is 15. The lowest BCUT2D eigenvalue weighted by molar-refractivity contribution is -0.144. The third kappa shape index (κ3) is 27.5. The first-order valence-electron chi connectivity index (χ1n) is 32.2. The molecule has 0 saturated carbocycles. The van der Waals surface area contributed by atoms with E-state index in [1.165, 1.54) is 21.6 Å². The molecule has 2 aliphatic heterocycles. The Hall–Kier alpha value is -8.91. The minimum absolute atomic E-state index is 0.0736. The first-order chi connectivity index (χ1) is 45.2. The van der Waals surface area contributed by atoms with Crippen molar-refractivity contribution >= 4 is 94.5 Å². The van der Waals surface area contributed by atoms with Gasteiger partial charge < -0.3 is 92.5 Å². The molecule has 31 nitrogen and oxygen atoms in total. The zero-order chi connectivity index (χ0) is 70.1. The Balaban J connectivity index is 1.56. The van der Waals surface area contributed by atoms with Crippen molar-refractivity contribution < 1.29 is 62.3 Å². The number of carbonyl (C=O) groups is 13. The summed E-state index contributed by atoms with van der Waals surface area (Å²) in [7, 11) is 0. The average molecular weight is 1350 g/mol. The number of thioether (sulfide) groups is 1. The number of carbonyl (C=O) groups excluding carboxylic acids is 13. The van der Waals surface area contributed by atoms with Gasteiger partial charge in [0, 0.05) is 45.3 Å². The lowest BCUT2D eigenvalue weighted by Crippen LogP contribution is -2.60. The summed E-state index contributed by atoms with van der Waals surface area (Å²) in [6, 6.07) is 4.51. The molecule has 0 aliphatic carbocycles. The minimum atomic E-state index is -1.64. The minimum Gasteiger partial charge on any atom is -0.370 e. The molecule has 0 radical (unpaired) electrons. The quantitative estimate of drug-likeness (QED) is 0.0173. The van der Waals surface area contributed by atoms with E-state index in [1.54, 1.807) is 60.7 Å².